The molecule has 17 heavy (non-hydrogen) atoms. The molecule has 0 spiro atoms. The van der Waals surface area contributed by atoms with Crippen LogP contribution in [0, 0.1) is 5.92 Å². The van der Waals surface area contributed by atoms with Gasteiger partial charge in [0.1, 0.15) is 0 Å². The Bertz CT molecular complexity index is 266. The average Bonchev–Trinajstić information content (AvgIpc) is 2.26. The summed E-state index contributed by atoms with van der Waals surface area (Å²) < 4.78 is 0. The van der Waals surface area contributed by atoms with Crippen LogP contribution in [-0.2, 0) is 4.79 Å². The van der Waals surface area contributed by atoms with Gasteiger partial charge in [-0.25, -0.2) is 0 Å². The summed E-state index contributed by atoms with van der Waals surface area (Å²) in [6, 6.07) is 0.668. The van der Waals surface area contributed by atoms with E-state index in [9.17, 15) is 4.79 Å². The van der Waals surface area contributed by atoms with Gasteiger partial charge in [0, 0.05) is 18.6 Å². The first-order valence-corrected chi connectivity index (χ1v) is 6.88. The van der Waals surface area contributed by atoms with Gasteiger partial charge in [-0.05, 0) is 45.6 Å². The first kappa shape index (κ1) is 12.8. The predicted octanol–water partition coefficient (Wildman–Crippen LogP) is 0.748. The number of carbonyl (C=O) groups is 1. The average molecular weight is 240 g/mol. The molecule has 1 aliphatic heterocycles. The molecule has 0 aromatic heterocycles. The number of aliphatic hydroxyl groups excluding tert-OH is 1. The van der Waals surface area contributed by atoms with Crippen LogP contribution < -0.4 is 5.32 Å². The molecule has 2 aliphatic rings. The Morgan fingerprint density at radius 2 is 2.12 bits per heavy atom. The number of hydrogen-bond donors (Lipinski definition) is 2. The van der Waals surface area contributed by atoms with E-state index in [0.29, 0.717) is 12.6 Å². The predicted molar refractivity (Wildman–Crippen MR) is 66.6 cm³/mol. The van der Waals surface area contributed by atoms with E-state index >= 15 is 0 Å². The van der Waals surface area contributed by atoms with Gasteiger partial charge >= 0.3 is 0 Å². The van der Waals surface area contributed by atoms with E-state index < -0.39 is 0 Å². The highest BCUT2D eigenvalue weighted by Crippen LogP contribution is 2.28. The minimum Gasteiger partial charge on any atom is -0.395 e. The van der Waals surface area contributed by atoms with Crippen molar-refractivity contribution in [1.29, 1.82) is 0 Å². The maximum Gasteiger partial charge on any atom is 0.227 e. The molecule has 0 aromatic carbocycles. The highest BCUT2D eigenvalue weighted by atomic mass is 16.3. The second-order valence-electron chi connectivity index (χ2n) is 5.33. The maximum absolute atomic E-state index is 12.5. The Labute approximate surface area is 103 Å². The zero-order valence-corrected chi connectivity index (χ0v) is 10.7. The minimum absolute atomic E-state index is 0.0801. The summed E-state index contributed by atoms with van der Waals surface area (Å²) in [5.74, 6) is 0.361. The maximum atomic E-state index is 12.5. The molecule has 1 amide bonds. The van der Waals surface area contributed by atoms with Gasteiger partial charge < -0.3 is 15.3 Å². The van der Waals surface area contributed by atoms with Gasteiger partial charge in [0.15, 0.2) is 0 Å². The van der Waals surface area contributed by atoms with E-state index in [2.05, 4.69) is 12.2 Å². The summed E-state index contributed by atoms with van der Waals surface area (Å²) in [7, 11) is 0. The van der Waals surface area contributed by atoms with Crippen LogP contribution in [0.25, 0.3) is 0 Å². The number of nitrogens with one attached hydrogen (secondary N) is 1. The second-order valence-corrected chi connectivity index (χ2v) is 5.33. The molecular weight excluding hydrogens is 216 g/mol. The number of hydrogen-bond acceptors (Lipinski definition) is 3. The van der Waals surface area contributed by atoms with Crippen LogP contribution in [0.2, 0.25) is 0 Å². The van der Waals surface area contributed by atoms with Crippen LogP contribution >= 0.6 is 0 Å². The summed E-state index contributed by atoms with van der Waals surface area (Å²) >= 11 is 0. The molecule has 2 unspecified atom stereocenters. The van der Waals surface area contributed by atoms with Crippen molar-refractivity contribution in [3.63, 3.8) is 0 Å². The topological polar surface area (TPSA) is 52.6 Å². The van der Waals surface area contributed by atoms with E-state index in [1.807, 2.05) is 4.90 Å². The van der Waals surface area contributed by atoms with Gasteiger partial charge in [0.2, 0.25) is 5.91 Å². The van der Waals surface area contributed by atoms with Crippen LogP contribution in [0.4, 0.5) is 0 Å². The Kier molecular flexibility index (Phi) is 4.40. The monoisotopic (exact) mass is 240 g/mol. The first-order valence-electron chi connectivity index (χ1n) is 6.88. The summed E-state index contributed by atoms with van der Waals surface area (Å²) in [5.41, 5.74) is 0. The lowest BCUT2D eigenvalue weighted by Crippen LogP contribution is -2.53. The Morgan fingerprint density at radius 1 is 1.35 bits per heavy atom. The molecule has 2 rings (SSSR count). The van der Waals surface area contributed by atoms with Gasteiger partial charge in [-0.2, -0.15) is 0 Å². The van der Waals surface area contributed by atoms with Gasteiger partial charge in [-0.3, -0.25) is 4.79 Å². The van der Waals surface area contributed by atoms with Crippen molar-refractivity contribution in [2.75, 3.05) is 19.7 Å². The van der Waals surface area contributed by atoms with Crippen LogP contribution in [0.5, 0.6) is 0 Å². The standard InChI is InChI=1S/C13H24N2O2/c1-10-12(6-3-7-14-10)13(17)15(8-9-16)11-4-2-5-11/h10-12,14,16H,2-9H2,1H3. The second kappa shape index (κ2) is 5.83. The SMILES string of the molecule is CC1NCCCC1C(=O)N(CCO)C1CCC1. The molecule has 1 saturated carbocycles. The van der Waals surface area contributed by atoms with E-state index in [0.717, 1.165) is 32.2 Å². The van der Waals surface area contributed by atoms with Crippen molar-refractivity contribution in [1.82, 2.24) is 10.2 Å². The molecule has 0 aromatic rings. The van der Waals surface area contributed by atoms with Crippen LogP contribution in [-0.4, -0.2) is 47.7 Å². The Morgan fingerprint density at radius 3 is 2.65 bits per heavy atom. The number of carbonyl (C=O) groups excluding carboxylic acids is 1. The van der Waals surface area contributed by atoms with Gasteiger partial charge in [0.05, 0.1) is 12.5 Å². The molecule has 4 nitrogen and oxygen atoms in total. The number of nitrogens with zero attached hydrogens (tertiary/aromatic N) is 1. The quantitative estimate of drug-likeness (QED) is 0.762. The Balaban J connectivity index is 1.98. The third kappa shape index (κ3) is 2.80. The smallest absolute Gasteiger partial charge is 0.227 e. The normalized spacial score (nSPS) is 29.8. The first-order chi connectivity index (χ1) is 8.24. The molecule has 1 heterocycles. The van der Waals surface area contributed by atoms with E-state index in [-0.39, 0.29) is 24.5 Å². The molecule has 2 N–H and O–H groups in total. The van der Waals surface area contributed by atoms with Crippen molar-refractivity contribution in [3.05, 3.63) is 0 Å². The van der Waals surface area contributed by atoms with Crippen molar-refractivity contribution in [2.24, 2.45) is 5.92 Å². The highest BCUT2D eigenvalue weighted by molar-refractivity contribution is 5.80. The molecular formula is C13H24N2O2. The van der Waals surface area contributed by atoms with Crippen molar-refractivity contribution in [3.8, 4) is 0 Å². The largest absolute Gasteiger partial charge is 0.395 e. The van der Waals surface area contributed by atoms with E-state index in [4.69, 9.17) is 5.11 Å². The third-order valence-corrected chi connectivity index (χ3v) is 4.22. The molecule has 1 saturated heterocycles. The molecule has 0 radical (unpaired) electrons. The fourth-order valence-electron chi connectivity index (χ4n) is 2.87. The molecule has 1 aliphatic carbocycles. The fourth-order valence-corrected chi connectivity index (χ4v) is 2.87. The number of amides is 1. The fraction of sp³-hybridized carbons (Fsp3) is 0.923. The molecule has 4 heteroatoms. The van der Waals surface area contributed by atoms with Gasteiger partial charge in [-0.1, -0.05) is 0 Å². The van der Waals surface area contributed by atoms with Crippen LogP contribution in [0.15, 0.2) is 0 Å². The molecule has 98 valence electrons. The number of rotatable bonds is 4. The Hall–Kier alpha value is -0.610. The molecule has 0 bridgehead atoms. The zero-order valence-electron chi connectivity index (χ0n) is 10.7. The van der Waals surface area contributed by atoms with Crippen LogP contribution in [0.3, 0.4) is 0 Å². The lowest BCUT2D eigenvalue weighted by atomic mass is 9.86. The summed E-state index contributed by atoms with van der Waals surface area (Å²) in [6.07, 6.45) is 5.51. The van der Waals surface area contributed by atoms with Crippen molar-refractivity contribution in [2.45, 2.75) is 51.1 Å². The van der Waals surface area contributed by atoms with E-state index in [1.54, 1.807) is 0 Å². The molecule has 2 fully saturated rings. The summed E-state index contributed by atoms with van der Waals surface area (Å²) in [4.78, 5) is 14.4. The summed E-state index contributed by atoms with van der Waals surface area (Å²) in [6.45, 7) is 3.71. The lowest BCUT2D eigenvalue weighted by molar-refractivity contribution is -0.142. The summed E-state index contributed by atoms with van der Waals surface area (Å²) in [5, 5.41) is 12.5. The highest BCUT2D eigenvalue weighted by Gasteiger charge is 2.35. The van der Waals surface area contributed by atoms with E-state index in [1.165, 1.54) is 6.42 Å². The van der Waals surface area contributed by atoms with Gasteiger partial charge in [0.25, 0.3) is 0 Å². The lowest BCUT2D eigenvalue weighted by Gasteiger charge is -2.41. The number of piperidine rings is 1. The zero-order chi connectivity index (χ0) is 12.3. The third-order valence-electron chi connectivity index (χ3n) is 4.22. The van der Waals surface area contributed by atoms with Gasteiger partial charge in [-0.15, -0.1) is 0 Å². The van der Waals surface area contributed by atoms with Crippen molar-refractivity contribution < 1.29 is 9.90 Å². The number of aliphatic hydroxyl groups is 1. The molecule has 2 atom stereocenters. The van der Waals surface area contributed by atoms with Crippen molar-refractivity contribution >= 4 is 5.91 Å². The van der Waals surface area contributed by atoms with Crippen LogP contribution in [0.1, 0.15) is 39.0 Å². The minimum atomic E-state index is 0.0801.